The lowest BCUT2D eigenvalue weighted by Gasteiger charge is -2.08. The molecule has 0 amide bonds. The molecule has 1 heterocycles. The average Bonchev–Trinajstić information content (AvgIpc) is 2.63. The molecule has 3 aromatic rings. The van der Waals surface area contributed by atoms with Crippen LogP contribution in [0.5, 0.6) is 0 Å². The Hall–Kier alpha value is -2.53. The van der Waals surface area contributed by atoms with E-state index in [1.54, 1.807) is 0 Å². The van der Waals surface area contributed by atoms with E-state index in [0.29, 0.717) is 11.6 Å². The maximum Gasteiger partial charge on any atom is 0.161 e. The second kappa shape index (κ2) is 7.15. The Labute approximate surface area is 138 Å². The molecule has 116 valence electrons. The predicted molar refractivity (Wildman–Crippen MR) is 93.6 cm³/mol. The number of nitrogens with one attached hydrogen (secondary N) is 1. The van der Waals surface area contributed by atoms with Crippen LogP contribution in [0.2, 0.25) is 0 Å². The fraction of sp³-hybridized carbons (Fsp3) is 0.111. The Kier molecular flexibility index (Phi) is 4.78. The van der Waals surface area contributed by atoms with Crippen LogP contribution in [-0.4, -0.2) is 21.2 Å². The van der Waals surface area contributed by atoms with Crippen molar-refractivity contribution in [2.24, 2.45) is 0 Å². The molecule has 5 heteroatoms. The molecule has 1 aromatic heterocycles. The third-order valence-electron chi connectivity index (χ3n) is 3.35. The first-order valence-electron chi connectivity index (χ1n) is 7.31. The highest BCUT2D eigenvalue weighted by atomic mass is 32.2. The van der Waals surface area contributed by atoms with Gasteiger partial charge in [-0.25, -0.2) is 9.97 Å². The summed E-state index contributed by atoms with van der Waals surface area (Å²) in [6.45, 7) is 0. The topological polar surface area (TPSA) is 54.9 Å². The second-order valence-electron chi connectivity index (χ2n) is 4.99. The smallest absolute Gasteiger partial charge is 0.161 e. The molecule has 0 fully saturated rings. The van der Waals surface area contributed by atoms with Gasteiger partial charge in [0, 0.05) is 23.6 Å². The summed E-state index contributed by atoms with van der Waals surface area (Å²) in [4.78, 5) is 9.86. The number of benzene rings is 2. The lowest BCUT2D eigenvalue weighted by atomic mass is 10.2. The monoisotopic (exact) mass is 323 g/mol. The van der Waals surface area contributed by atoms with Gasteiger partial charge in [0.15, 0.2) is 5.82 Å². The molecule has 1 atom stereocenters. The molecule has 0 spiro atoms. The van der Waals surface area contributed by atoms with Crippen molar-refractivity contribution < 1.29 is 4.21 Å². The largest absolute Gasteiger partial charge is 0.373 e. The number of aromatic nitrogens is 2. The SMILES string of the molecule is CNc1cc(C[S@](=O)c2ccccc2)nc(-c2ccccc2)n1. The molecule has 0 saturated carbocycles. The van der Waals surface area contributed by atoms with Gasteiger partial charge in [0.05, 0.1) is 22.2 Å². The van der Waals surface area contributed by atoms with E-state index in [1.807, 2.05) is 73.8 Å². The standard InChI is InChI=1S/C18H17N3OS/c1-19-17-12-15(13-23(22)16-10-6-3-7-11-16)20-18(21-17)14-8-4-2-5-9-14/h2-12H,13H2,1H3,(H,19,20,21)/t23-/m0/s1. The Morgan fingerprint density at radius 1 is 0.957 bits per heavy atom. The summed E-state index contributed by atoms with van der Waals surface area (Å²) >= 11 is 0. The Morgan fingerprint density at radius 3 is 2.26 bits per heavy atom. The zero-order valence-corrected chi connectivity index (χ0v) is 13.6. The van der Waals surface area contributed by atoms with Crippen molar-refractivity contribution in [3.63, 3.8) is 0 Å². The van der Waals surface area contributed by atoms with Crippen molar-refractivity contribution in [2.75, 3.05) is 12.4 Å². The minimum absolute atomic E-state index is 0.362. The van der Waals surface area contributed by atoms with Crippen molar-refractivity contribution >= 4 is 16.6 Å². The van der Waals surface area contributed by atoms with E-state index < -0.39 is 10.8 Å². The molecule has 3 rings (SSSR count). The fourth-order valence-electron chi connectivity index (χ4n) is 2.21. The summed E-state index contributed by atoms with van der Waals surface area (Å²) in [6, 6.07) is 21.1. The van der Waals surface area contributed by atoms with Crippen LogP contribution in [0.25, 0.3) is 11.4 Å². The number of hydrogen-bond acceptors (Lipinski definition) is 4. The lowest BCUT2D eigenvalue weighted by Crippen LogP contribution is -2.04. The number of rotatable bonds is 5. The van der Waals surface area contributed by atoms with Crippen LogP contribution in [0.4, 0.5) is 5.82 Å². The third-order valence-corrected chi connectivity index (χ3v) is 4.71. The molecule has 0 saturated heterocycles. The Bertz CT molecular complexity index is 807. The van der Waals surface area contributed by atoms with E-state index >= 15 is 0 Å². The van der Waals surface area contributed by atoms with E-state index in [9.17, 15) is 4.21 Å². The molecule has 0 unspecified atom stereocenters. The van der Waals surface area contributed by atoms with Crippen LogP contribution >= 0.6 is 0 Å². The first kappa shape index (κ1) is 15.4. The highest BCUT2D eigenvalue weighted by molar-refractivity contribution is 7.84. The number of anilines is 1. The molecular weight excluding hydrogens is 306 g/mol. The van der Waals surface area contributed by atoms with Crippen molar-refractivity contribution in [2.45, 2.75) is 10.6 Å². The maximum absolute atomic E-state index is 12.5. The molecule has 4 nitrogen and oxygen atoms in total. The fourth-order valence-corrected chi connectivity index (χ4v) is 3.25. The van der Waals surface area contributed by atoms with Crippen LogP contribution in [0.3, 0.4) is 0 Å². The summed E-state index contributed by atoms with van der Waals surface area (Å²) in [7, 11) is 0.687. The molecule has 2 aromatic carbocycles. The van der Waals surface area contributed by atoms with E-state index in [2.05, 4.69) is 15.3 Å². The van der Waals surface area contributed by atoms with E-state index in [1.165, 1.54) is 0 Å². The van der Waals surface area contributed by atoms with Gasteiger partial charge in [0.1, 0.15) is 5.82 Å². The van der Waals surface area contributed by atoms with Crippen LogP contribution < -0.4 is 5.32 Å². The quantitative estimate of drug-likeness (QED) is 0.781. The Balaban J connectivity index is 1.92. The third kappa shape index (κ3) is 3.81. The van der Waals surface area contributed by atoms with Gasteiger partial charge in [-0.2, -0.15) is 0 Å². The molecule has 0 aliphatic rings. The van der Waals surface area contributed by atoms with E-state index in [4.69, 9.17) is 0 Å². The zero-order valence-electron chi connectivity index (χ0n) is 12.8. The molecule has 1 N–H and O–H groups in total. The molecular formula is C18H17N3OS. The summed E-state index contributed by atoms with van der Waals surface area (Å²) in [6.07, 6.45) is 0. The first-order chi connectivity index (χ1) is 11.3. The number of hydrogen-bond donors (Lipinski definition) is 1. The van der Waals surface area contributed by atoms with Gasteiger partial charge in [0.2, 0.25) is 0 Å². The lowest BCUT2D eigenvalue weighted by molar-refractivity contribution is 0.682. The molecule has 23 heavy (non-hydrogen) atoms. The highest BCUT2D eigenvalue weighted by Gasteiger charge is 2.10. The van der Waals surface area contributed by atoms with Gasteiger partial charge in [-0.15, -0.1) is 0 Å². The van der Waals surface area contributed by atoms with Crippen molar-refractivity contribution in [1.29, 1.82) is 0 Å². The van der Waals surface area contributed by atoms with Crippen LogP contribution in [0.15, 0.2) is 71.6 Å². The van der Waals surface area contributed by atoms with Gasteiger partial charge in [-0.3, -0.25) is 4.21 Å². The maximum atomic E-state index is 12.5. The Morgan fingerprint density at radius 2 is 1.61 bits per heavy atom. The first-order valence-corrected chi connectivity index (χ1v) is 8.63. The number of nitrogens with zero attached hydrogens (tertiary/aromatic N) is 2. The molecule has 0 bridgehead atoms. The average molecular weight is 323 g/mol. The van der Waals surface area contributed by atoms with Crippen molar-refractivity contribution in [3.8, 4) is 11.4 Å². The van der Waals surface area contributed by atoms with Crippen LogP contribution in [-0.2, 0) is 16.6 Å². The summed E-state index contributed by atoms with van der Waals surface area (Å²) < 4.78 is 12.5. The molecule has 0 aliphatic heterocycles. The minimum Gasteiger partial charge on any atom is -0.373 e. The summed E-state index contributed by atoms with van der Waals surface area (Å²) in [5, 5.41) is 3.04. The predicted octanol–water partition coefficient (Wildman–Crippen LogP) is 3.49. The summed E-state index contributed by atoms with van der Waals surface area (Å²) in [5.41, 5.74) is 1.70. The van der Waals surface area contributed by atoms with Crippen molar-refractivity contribution in [3.05, 3.63) is 72.4 Å². The summed E-state index contributed by atoms with van der Waals surface area (Å²) in [5.74, 6) is 1.72. The zero-order chi connectivity index (χ0) is 16.1. The van der Waals surface area contributed by atoms with E-state index in [-0.39, 0.29) is 0 Å². The van der Waals surface area contributed by atoms with Gasteiger partial charge in [-0.1, -0.05) is 48.5 Å². The van der Waals surface area contributed by atoms with Crippen LogP contribution in [0.1, 0.15) is 5.69 Å². The molecule has 0 aliphatic carbocycles. The minimum atomic E-state index is -1.13. The van der Waals surface area contributed by atoms with E-state index in [0.717, 1.165) is 22.0 Å². The normalized spacial score (nSPS) is 11.9. The van der Waals surface area contributed by atoms with Gasteiger partial charge >= 0.3 is 0 Å². The van der Waals surface area contributed by atoms with Gasteiger partial charge < -0.3 is 5.32 Å². The van der Waals surface area contributed by atoms with Crippen LogP contribution in [0, 0.1) is 0 Å². The highest BCUT2D eigenvalue weighted by Crippen LogP contribution is 2.19. The molecule has 0 radical (unpaired) electrons. The second-order valence-corrected chi connectivity index (χ2v) is 6.44. The van der Waals surface area contributed by atoms with Crippen molar-refractivity contribution in [1.82, 2.24) is 9.97 Å². The van der Waals surface area contributed by atoms with Gasteiger partial charge in [0.25, 0.3) is 0 Å². The van der Waals surface area contributed by atoms with Gasteiger partial charge in [-0.05, 0) is 12.1 Å².